The highest BCUT2D eigenvalue weighted by atomic mass is 14.7. The molecule has 1 heteroatoms. The molecule has 25 heavy (non-hydrogen) atoms. The third-order valence-corrected chi connectivity index (χ3v) is 5.65. The molecule has 1 aliphatic carbocycles. The zero-order valence-corrected chi connectivity index (χ0v) is 13.8. The highest BCUT2D eigenvalue weighted by molar-refractivity contribution is 6.31. The number of nitrogens with one attached hydrogen (secondary N) is 1. The Hall–Kier alpha value is -3.06. The molecule has 0 radical (unpaired) electrons. The first-order chi connectivity index (χ1) is 12.4. The maximum atomic E-state index is 3.73. The Morgan fingerprint density at radius 1 is 0.680 bits per heavy atom. The van der Waals surface area contributed by atoms with E-state index in [1.165, 1.54) is 54.5 Å². The van der Waals surface area contributed by atoms with Crippen LogP contribution in [0.2, 0.25) is 0 Å². The molecular weight excluding hydrogens is 302 g/mol. The van der Waals surface area contributed by atoms with Crippen molar-refractivity contribution in [1.82, 2.24) is 4.98 Å². The highest BCUT2D eigenvalue weighted by Crippen LogP contribution is 2.42. The molecule has 0 aliphatic heterocycles. The molecule has 0 amide bonds. The number of hydrogen-bond donors (Lipinski definition) is 1. The Morgan fingerprint density at radius 3 is 2.40 bits per heavy atom. The number of fused-ring (bicyclic) bond motifs is 10. The van der Waals surface area contributed by atoms with E-state index in [1.54, 1.807) is 0 Å². The number of H-pyrrole nitrogens is 1. The van der Waals surface area contributed by atoms with Crippen molar-refractivity contribution < 1.29 is 0 Å². The fourth-order valence-corrected chi connectivity index (χ4v) is 4.57. The number of aromatic nitrogens is 1. The van der Waals surface area contributed by atoms with Crippen LogP contribution in [0.15, 0.2) is 66.7 Å². The van der Waals surface area contributed by atoms with Crippen LogP contribution in [0, 0.1) is 0 Å². The van der Waals surface area contributed by atoms with Gasteiger partial charge in [-0.15, -0.1) is 0 Å². The maximum Gasteiger partial charge on any atom is 0.0547 e. The van der Waals surface area contributed by atoms with Gasteiger partial charge >= 0.3 is 0 Å². The quantitative estimate of drug-likeness (QED) is 0.310. The SMILES string of the molecule is C1=Cc2[nH]c3c4ccccc4c4ccc5ccccc5c4c3c2CC1. The van der Waals surface area contributed by atoms with E-state index in [0.29, 0.717) is 0 Å². The lowest BCUT2D eigenvalue weighted by Gasteiger charge is -2.12. The standard InChI is InChI=1S/C24H17N/c1-2-8-16-15(7-1)13-14-18-17-9-3-4-10-19(17)24-23(22(16)18)20-11-5-6-12-21(20)25-24/h1-4,6-10,12-14,25H,5,11H2. The molecule has 6 rings (SSSR count). The van der Waals surface area contributed by atoms with Crippen LogP contribution in [-0.2, 0) is 6.42 Å². The van der Waals surface area contributed by atoms with Crippen LogP contribution in [0.5, 0.6) is 0 Å². The number of hydrogen-bond acceptors (Lipinski definition) is 0. The molecule has 1 nitrogen and oxygen atoms in total. The molecule has 1 aromatic heterocycles. The fraction of sp³-hybridized carbons (Fsp3) is 0.0833. The minimum atomic E-state index is 1.11. The summed E-state index contributed by atoms with van der Waals surface area (Å²) in [5.74, 6) is 0. The average Bonchev–Trinajstić information content (AvgIpc) is 3.07. The van der Waals surface area contributed by atoms with Crippen molar-refractivity contribution in [2.75, 3.05) is 0 Å². The van der Waals surface area contributed by atoms with Gasteiger partial charge < -0.3 is 4.98 Å². The summed E-state index contributed by atoms with van der Waals surface area (Å²) in [6.07, 6.45) is 6.77. The van der Waals surface area contributed by atoms with Crippen molar-refractivity contribution in [3.63, 3.8) is 0 Å². The van der Waals surface area contributed by atoms with Crippen LogP contribution in [0.25, 0.3) is 49.3 Å². The predicted octanol–water partition coefficient (Wildman–Crippen LogP) is 6.59. The minimum absolute atomic E-state index is 1.11. The average molecular weight is 319 g/mol. The van der Waals surface area contributed by atoms with Gasteiger partial charge in [-0.05, 0) is 51.4 Å². The van der Waals surface area contributed by atoms with Crippen LogP contribution < -0.4 is 0 Å². The number of aryl methyl sites for hydroxylation is 1. The Labute approximate surface area is 145 Å². The largest absolute Gasteiger partial charge is 0.354 e. The lowest BCUT2D eigenvalue weighted by atomic mass is 9.90. The van der Waals surface area contributed by atoms with Crippen molar-refractivity contribution in [1.29, 1.82) is 0 Å². The van der Waals surface area contributed by atoms with E-state index in [2.05, 4.69) is 77.8 Å². The van der Waals surface area contributed by atoms with E-state index in [0.717, 1.165) is 12.8 Å². The minimum Gasteiger partial charge on any atom is -0.354 e. The van der Waals surface area contributed by atoms with Gasteiger partial charge in [0.25, 0.3) is 0 Å². The van der Waals surface area contributed by atoms with Crippen molar-refractivity contribution in [3.8, 4) is 0 Å². The summed E-state index contributed by atoms with van der Waals surface area (Å²) in [5, 5.41) is 9.50. The van der Waals surface area contributed by atoms with Crippen LogP contribution >= 0.6 is 0 Å². The molecule has 4 aromatic carbocycles. The molecule has 0 bridgehead atoms. The van der Waals surface area contributed by atoms with E-state index in [4.69, 9.17) is 0 Å². The molecule has 0 atom stereocenters. The second kappa shape index (κ2) is 4.73. The van der Waals surface area contributed by atoms with Gasteiger partial charge in [-0.2, -0.15) is 0 Å². The van der Waals surface area contributed by atoms with Crippen LogP contribution in [-0.4, -0.2) is 4.98 Å². The topological polar surface area (TPSA) is 15.8 Å². The molecule has 5 aromatic rings. The predicted molar refractivity (Wildman–Crippen MR) is 108 cm³/mol. The van der Waals surface area contributed by atoms with Gasteiger partial charge in [-0.1, -0.05) is 66.7 Å². The summed E-state index contributed by atoms with van der Waals surface area (Å²) >= 11 is 0. The Bertz CT molecular complexity index is 1330. The summed E-state index contributed by atoms with van der Waals surface area (Å²) < 4.78 is 0. The van der Waals surface area contributed by atoms with Gasteiger partial charge in [0, 0.05) is 16.5 Å². The summed E-state index contributed by atoms with van der Waals surface area (Å²) in [4.78, 5) is 3.73. The van der Waals surface area contributed by atoms with E-state index in [1.807, 2.05) is 0 Å². The zero-order chi connectivity index (χ0) is 16.4. The highest BCUT2D eigenvalue weighted by Gasteiger charge is 2.19. The second-order valence-corrected chi connectivity index (χ2v) is 6.96. The van der Waals surface area contributed by atoms with Crippen LogP contribution in [0.1, 0.15) is 17.7 Å². The second-order valence-electron chi connectivity index (χ2n) is 6.96. The van der Waals surface area contributed by atoms with Crippen molar-refractivity contribution >= 4 is 49.3 Å². The lowest BCUT2D eigenvalue weighted by Crippen LogP contribution is -1.91. The van der Waals surface area contributed by atoms with Gasteiger partial charge in [0.1, 0.15) is 0 Å². The molecular formula is C24H17N. The van der Waals surface area contributed by atoms with E-state index in [-0.39, 0.29) is 0 Å². The summed E-state index contributed by atoms with van der Waals surface area (Å²) in [6.45, 7) is 0. The third-order valence-electron chi connectivity index (χ3n) is 5.65. The van der Waals surface area contributed by atoms with Gasteiger partial charge in [0.05, 0.1) is 5.52 Å². The van der Waals surface area contributed by atoms with E-state index in [9.17, 15) is 0 Å². The van der Waals surface area contributed by atoms with E-state index >= 15 is 0 Å². The monoisotopic (exact) mass is 319 g/mol. The molecule has 0 spiro atoms. The normalized spacial score (nSPS) is 13.9. The zero-order valence-electron chi connectivity index (χ0n) is 13.8. The molecule has 0 unspecified atom stereocenters. The summed E-state index contributed by atoms with van der Waals surface area (Å²) in [5.41, 5.74) is 4.05. The summed E-state index contributed by atoms with van der Waals surface area (Å²) in [6, 6.07) is 22.1. The Morgan fingerprint density at radius 2 is 1.48 bits per heavy atom. The molecule has 0 saturated heterocycles. The summed E-state index contributed by atoms with van der Waals surface area (Å²) in [7, 11) is 0. The number of benzene rings is 4. The van der Waals surface area contributed by atoms with Gasteiger partial charge in [-0.25, -0.2) is 0 Å². The first kappa shape index (κ1) is 13.3. The molecule has 1 N–H and O–H groups in total. The van der Waals surface area contributed by atoms with Crippen LogP contribution in [0.3, 0.4) is 0 Å². The van der Waals surface area contributed by atoms with Crippen molar-refractivity contribution in [3.05, 3.63) is 78.0 Å². The van der Waals surface area contributed by atoms with Crippen molar-refractivity contribution in [2.24, 2.45) is 0 Å². The maximum absolute atomic E-state index is 3.73. The Balaban J connectivity index is 2.02. The van der Waals surface area contributed by atoms with Crippen molar-refractivity contribution in [2.45, 2.75) is 12.8 Å². The Kier molecular flexibility index (Phi) is 2.51. The molecule has 118 valence electrons. The lowest BCUT2D eigenvalue weighted by molar-refractivity contribution is 0.993. The first-order valence-electron chi connectivity index (χ1n) is 8.95. The number of allylic oxidation sites excluding steroid dienone is 1. The van der Waals surface area contributed by atoms with Gasteiger partial charge in [0.15, 0.2) is 0 Å². The number of aromatic amines is 1. The van der Waals surface area contributed by atoms with E-state index < -0.39 is 0 Å². The molecule has 1 heterocycles. The molecule has 0 fully saturated rings. The van der Waals surface area contributed by atoms with Gasteiger partial charge in [0.2, 0.25) is 0 Å². The number of rotatable bonds is 0. The molecule has 1 aliphatic rings. The van der Waals surface area contributed by atoms with Gasteiger partial charge in [-0.3, -0.25) is 0 Å². The molecule has 0 saturated carbocycles. The smallest absolute Gasteiger partial charge is 0.0547 e. The fourth-order valence-electron chi connectivity index (χ4n) is 4.57. The first-order valence-corrected chi connectivity index (χ1v) is 8.95. The van der Waals surface area contributed by atoms with Crippen LogP contribution in [0.4, 0.5) is 0 Å². The third kappa shape index (κ3) is 1.68.